The van der Waals surface area contributed by atoms with Crippen molar-refractivity contribution in [2.75, 3.05) is 180 Å². The first-order valence-electron chi connectivity index (χ1n) is 32.8. The summed E-state index contributed by atoms with van der Waals surface area (Å²) < 4.78 is 85.2. The third kappa shape index (κ3) is 48.1. The molecule has 1 N–H and O–H groups in total. The number of nitrogens with zero attached hydrogens (tertiary/aromatic N) is 1. The molecule has 0 radical (unpaired) electrons. The Kier molecular flexibility index (Phi) is 56.2. The highest BCUT2D eigenvalue weighted by Gasteiger charge is 2.18. The van der Waals surface area contributed by atoms with Gasteiger partial charge in [-0.05, 0) is 70.1 Å². The van der Waals surface area contributed by atoms with E-state index >= 15 is 0 Å². The van der Waals surface area contributed by atoms with Gasteiger partial charge in [0.1, 0.15) is 0 Å². The normalized spacial score (nSPS) is 11.6. The number of aryl methyl sites for hydroxylation is 2. The van der Waals surface area contributed by atoms with Crippen molar-refractivity contribution >= 4 is 0 Å². The lowest BCUT2D eigenvalue weighted by Crippen LogP contribution is -2.11. The fourth-order valence-corrected chi connectivity index (χ4v) is 9.35. The minimum atomic E-state index is 0.591. The maximum absolute atomic E-state index is 6.70. The predicted octanol–water partition coefficient (Wildman–Crippen LogP) is 13.4. The summed E-state index contributed by atoms with van der Waals surface area (Å²) in [6.45, 7) is 19.5. The first-order valence-corrected chi connectivity index (χ1v) is 32.8. The van der Waals surface area contributed by atoms with Gasteiger partial charge in [-0.25, -0.2) is 0 Å². The Morgan fingerprint density at radius 2 is 0.530 bits per heavy atom. The van der Waals surface area contributed by atoms with Gasteiger partial charge >= 0.3 is 0 Å². The van der Waals surface area contributed by atoms with E-state index in [1.54, 1.807) is 21.3 Å². The molecular weight excluding hydrogens is 1060 g/mol. The van der Waals surface area contributed by atoms with Crippen LogP contribution in [0.15, 0.2) is 12.1 Å². The molecule has 0 aliphatic carbocycles. The van der Waals surface area contributed by atoms with Crippen LogP contribution in [0.4, 0.5) is 0 Å². The van der Waals surface area contributed by atoms with E-state index in [2.05, 4.69) is 36.2 Å². The van der Waals surface area contributed by atoms with E-state index < -0.39 is 0 Å². The molecule has 0 spiro atoms. The summed E-state index contributed by atoms with van der Waals surface area (Å²) in [6, 6.07) is 4.37. The summed E-state index contributed by atoms with van der Waals surface area (Å²) in [4.78, 5) is 0. The molecule has 0 amide bonds. The molecule has 0 unspecified atom stereocenters. The first kappa shape index (κ1) is 76.4. The highest BCUT2D eigenvalue weighted by molar-refractivity contribution is 5.55. The number of methoxy groups -OCH3 is 3. The van der Waals surface area contributed by atoms with Crippen molar-refractivity contribution in [3.8, 4) is 17.2 Å². The van der Waals surface area contributed by atoms with Gasteiger partial charge in [0.15, 0.2) is 11.5 Å². The van der Waals surface area contributed by atoms with Crippen LogP contribution in [-0.4, -0.2) is 190 Å². The smallest absolute Gasteiger partial charge is 0.203 e. The average Bonchev–Trinajstić information content (AvgIpc) is 3.99. The molecule has 0 fully saturated rings. The van der Waals surface area contributed by atoms with Crippen molar-refractivity contribution in [1.82, 2.24) is 10.2 Å². The first-order chi connectivity index (χ1) is 41.1. The molecule has 17 nitrogen and oxygen atoms in total. The number of hydrogen-bond acceptors (Lipinski definition) is 16. The zero-order valence-electron chi connectivity index (χ0n) is 53.5. The van der Waals surface area contributed by atoms with Crippen molar-refractivity contribution < 1.29 is 71.1 Å². The number of benzene rings is 1. The van der Waals surface area contributed by atoms with E-state index in [9.17, 15) is 0 Å². The zero-order valence-corrected chi connectivity index (χ0v) is 53.5. The molecule has 2 aromatic rings. The zero-order chi connectivity index (χ0) is 59.2. The summed E-state index contributed by atoms with van der Waals surface area (Å²) in [5, 5.41) is 7.69. The molecule has 0 saturated heterocycles. The van der Waals surface area contributed by atoms with Gasteiger partial charge in [0.05, 0.1) is 144 Å². The Morgan fingerprint density at radius 3 is 0.795 bits per heavy atom. The predicted molar refractivity (Wildman–Crippen MR) is 331 cm³/mol. The number of aromatic nitrogens is 2. The van der Waals surface area contributed by atoms with E-state index in [1.165, 1.54) is 121 Å². The molecule has 0 aliphatic rings. The standard InChI is InChI=1S/C66H122N2O15/c1-60-63(61(2)68-67-60)57-62-58-64(81-36-30-24-18-12-6-9-15-21-27-33-72-45-48-78-54-51-75-42-39-69-3)66(83-38-32-26-20-14-8-11-17-23-29-35-74-47-50-80-56-53-77-44-41-71-5)65(59-62)82-37-31-25-19-13-7-10-16-22-28-34-73-46-49-79-55-52-76-43-40-70-4/h58-59H,6-57H2,1-5H3,(H,67,68). The number of ether oxygens (including phenoxy) is 15. The minimum Gasteiger partial charge on any atom is -0.490 e. The number of nitrogens with one attached hydrogen (secondary N) is 1. The van der Waals surface area contributed by atoms with Gasteiger partial charge in [0.25, 0.3) is 0 Å². The molecular formula is C66H122N2O15. The quantitative estimate of drug-likeness (QED) is 0.0621. The van der Waals surface area contributed by atoms with Crippen molar-refractivity contribution in [2.24, 2.45) is 0 Å². The second kappa shape index (κ2) is 61.0. The highest BCUT2D eigenvalue weighted by Crippen LogP contribution is 2.40. The Hall–Kier alpha value is -2.65. The van der Waals surface area contributed by atoms with Crippen LogP contribution in [0.3, 0.4) is 0 Å². The Labute approximate surface area is 504 Å². The summed E-state index contributed by atoms with van der Waals surface area (Å²) in [6.07, 6.45) is 33.1. The van der Waals surface area contributed by atoms with Crippen LogP contribution in [0.2, 0.25) is 0 Å². The molecule has 0 aliphatic heterocycles. The maximum Gasteiger partial charge on any atom is 0.203 e. The Balaban J connectivity index is 1.78. The number of rotatable bonds is 68. The van der Waals surface area contributed by atoms with Gasteiger partial charge in [-0.15, -0.1) is 0 Å². The third-order valence-electron chi connectivity index (χ3n) is 14.3. The fraction of sp³-hybridized carbons (Fsp3) is 0.864. The Bertz CT molecular complexity index is 1550. The van der Waals surface area contributed by atoms with Crippen LogP contribution in [0.1, 0.15) is 196 Å². The second-order valence-electron chi connectivity index (χ2n) is 21.6. The summed E-state index contributed by atoms with van der Waals surface area (Å²) >= 11 is 0. The molecule has 486 valence electrons. The SMILES string of the molecule is COCCOCCOCCOCCCCCCCCCCCOc1cc(Cc2c(C)n[nH]c2C)cc(OCCCCCCCCCCCOCCOCCOCCOC)c1OCCCCCCCCCCCOCCOCCOCCOC. The van der Waals surface area contributed by atoms with Gasteiger partial charge in [0.2, 0.25) is 5.75 Å². The van der Waals surface area contributed by atoms with Gasteiger partial charge in [-0.2, -0.15) is 5.10 Å². The largest absolute Gasteiger partial charge is 0.490 e. The third-order valence-corrected chi connectivity index (χ3v) is 14.3. The molecule has 17 heteroatoms. The number of H-pyrrole nitrogens is 1. The highest BCUT2D eigenvalue weighted by atomic mass is 16.6. The molecule has 83 heavy (non-hydrogen) atoms. The van der Waals surface area contributed by atoms with E-state index in [-0.39, 0.29) is 0 Å². The lowest BCUT2D eigenvalue weighted by atomic mass is 10.0. The van der Waals surface area contributed by atoms with Crippen LogP contribution in [0.25, 0.3) is 0 Å². The van der Waals surface area contributed by atoms with Crippen LogP contribution < -0.4 is 14.2 Å². The van der Waals surface area contributed by atoms with E-state index in [0.717, 1.165) is 118 Å². The molecule has 0 bridgehead atoms. The van der Waals surface area contributed by atoms with Gasteiger partial charge < -0.3 is 71.1 Å². The maximum atomic E-state index is 6.70. The van der Waals surface area contributed by atoms with Gasteiger partial charge in [0, 0.05) is 58.8 Å². The monoisotopic (exact) mass is 1180 g/mol. The van der Waals surface area contributed by atoms with Crippen LogP contribution in [-0.2, 0) is 63.3 Å². The van der Waals surface area contributed by atoms with Gasteiger partial charge in [-0.3, -0.25) is 5.10 Å². The minimum absolute atomic E-state index is 0.591. The number of unbranched alkanes of at least 4 members (excludes halogenated alkanes) is 24. The van der Waals surface area contributed by atoms with E-state index in [4.69, 9.17) is 71.1 Å². The molecule has 1 aromatic carbocycles. The molecule has 1 heterocycles. The van der Waals surface area contributed by atoms with Gasteiger partial charge in [-0.1, -0.05) is 135 Å². The van der Waals surface area contributed by atoms with Crippen LogP contribution >= 0.6 is 0 Å². The Morgan fingerprint density at radius 1 is 0.289 bits per heavy atom. The van der Waals surface area contributed by atoms with Crippen molar-refractivity contribution in [3.63, 3.8) is 0 Å². The fourth-order valence-electron chi connectivity index (χ4n) is 9.35. The van der Waals surface area contributed by atoms with E-state index in [0.29, 0.717) is 139 Å². The summed E-state index contributed by atoms with van der Waals surface area (Å²) in [7, 11) is 5.03. The molecule has 0 atom stereocenters. The van der Waals surface area contributed by atoms with Crippen molar-refractivity contribution in [1.29, 1.82) is 0 Å². The lowest BCUT2D eigenvalue weighted by molar-refractivity contribution is 0.00323. The van der Waals surface area contributed by atoms with Crippen molar-refractivity contribution in [3.05, 3.63) is 34.6 Å². The molecule has 0 saturated carbocycles. The topological polar surface area (TPSA) is 167 Å². The lowest BCUT2D eigenvalue weighted by Gasteiger charge is -2.19. The second-order valence-corrected chi connectivity index (χ2v) is 21.6. The van der Waals surface area contributed by atoms with E-state index in [1.807, 2.05) is 0 Å². The number of hydrogen-bond donors (Lipinski definition) is 1. The summed E-state index contributed by atoms with van der Waals surface area (Å²) in [5.74, 6) is 2.35. The average molecular weight is 1180 g/mol. The van der Waals surface area contributed by atoms with Crippen molar-refractivity contribution in [2.45, 2.75) is 194 Å². The molecule has 2 rings (SSSR count). The molecule has 1 aromatic heterocycles. The van der Waals surface area contributed by atoms with Crippen LogP contribution in [0.5, 0.6) is 17.2 Å². The van der Waals surface area contributed by atoms with Crippen LogP contribution in [0, 0.1) is 13.8 Å². The number of aromatic amines is 1. The summed E-state index contributed by atoms with van der Waals surface area (Å²) in [5.41, 5.74) is 4.49.